The van der Waals surface area contributed by atoms with Crippen LogP contribution >= 0.6 is 23.2 Å². The van der Waals surface area contributed by atoms with E-state index in [0.29, 0.717) is 24.8 Å². The van der Waals surface area contributed by atoms with Crippen LogP contribution in [-0.4, -0.2) is 150 Å². The first-order chi connectivity index (χ1) is 54.9. The molecule has 14 atom stereocenters. The van der Waals surface area contributed by atoms with Gasteiger partial charge in [-0.2, -0.15) is 0 Å². The number of halogens is 2. The van der Waals surface area contributed by atoms with Crippen molar-refractivity contribution >= 4 is 87.5 Å². The second-order valence-electron chi connectivity index (χ2n) is 31.9. The molecule has 6 aromatic rings. The Morgan fingerprint density at radius 2 is 1.28 bits per heavy atom. The minimum absolute atomic E-state index is 0.0314. The van der Waals surface area contributed by atoms with Crippen molar-refractivity contribution in [3.8, 4) is 57.1 Å². The van der Waals surface area contributed by atoms with Gasteiger partial charge in [0.15, 0.2) is 28.8 Å². The number of carbonyl (C=O) groups excluding carboxylic acids is 9. The number of hydrogen-bond donors (Lipinski definition) is 16. The van der Waals surface area contributed by atoms with E-state index in [1.165, 1.54) is 48.5 Å². The minimum atomic E-state index is -2.20. The molecule has 16 rings (SSSR count). The Hall–Kier alpha value is -9.95. The third-order valence-electron chi connectivity index (χ3n) is 23.5. The maximum absolute atomic E-state index is 16.6. The lowest BCUT2D eigenvalue weighted by atomic mass is 9.51. The SMILES string of the molecule is CCCCNc1ccc(NC(=O)NC(=O)C[C@@H]2CC(=O)[C@H](NC(=O)[C@H](CC)CC(C)C)[C@H](O)c3ccc(c(Cl)c3)Oc3cc4cc(c3O[C@@H]3O[C@H](CN)[C@@H](O)[C@H](O)[C@H]3O)Oc3ccc(cc3Cl)[C@@H](O)[C@@H]3NC(=O)[C@H](CC(=O)[C@@H]4NC2=O)c2ccc(O)c(c2)-c2c(O)cc(O)cc2[C@@H](C(=O)CC2C4CC5CC(C4)CC2C5)NC3=O)cc1. The average Bonchev–Trinajstić information content (AvgIpc) is 0.760. The number of hydrogen-bond acceptors (Lipinski definition) is 23. The summed E-state index contributed by atoms with van der Waals surface area (Å²) in [5.41, 5.74) is 5.49. The second-order valence-corrected chi connectivity index (χ2v) is 32.7. The van der Waals surface area contributed by atoms with Gasteiger partial charge in [0, 0.05) is 73.3 Å². The number of benzene rings is 6. The Bertz CT molecular complexity index is 4710. The topological polar surface area (TPSA) is 463 Å². The first kappa shape index (κ1) is 83.0. The van der Waals surface area contributed by atoms with Gasteiger partial charge in [-0.1, -0.05) is 75.5 Å². The van der Waals surface area contributed by atoms with Crippen molar-refractivity contribution in [2.45, 2.75) is 184 Å². The molecule has 0 spiro atoms. The van der Waals surface area contributed by atoms with Gasteiger partial charge >= 0.3 is 6.03 Å². The largest absolute Gasteiger partial charge is 0.508 e. The van der Waals surface area contributed by atoms with Crippen molar-refractivity contribution in [1.82, 2.24) is 26.6 Å². The number of aromatic hydroxyl groups is 3. The van der Waals surface area contributed by atoms with Gasteiger partial charge in [0.2, 0.25) is 41.6 Å². The van der Waals surface area contributed by atoms with Crippen LogP contribution in [0.25, 0.3) is 11.1 Å². The molecule has 0 aromatic heterocycles. The zero-order valence-corrected chi connectivity index (χ0v) is 65.2. The van der Waals surface area contributed by atoms with E-state index in [-0.39, 0.29) is 103 Å². The quantitative estimate of drug-likeness (QED) is 0.0356. The number of ketones is 3. The van der Waals surface area contributed by atoms with Crippen LogP contribution in [0.2, 0.25) is 10.0 Å². The zero-order valence-electron chi connectivity index (χ0n) is 63.7. The van der Waals surface area contributed by atoms with E-state index in [0.717, 1.165) is 81.0 Å². The summed E-state index contributed by atoms with van der Waals surface area (Å²) in [6.45, 7) is 7.80. The number of ether oxygens (including phenoxy) is 4. The lowest BCUT2D eigenvalue weighted by Gasteiger charge is -2.54. The van der Waals surface area contributed by atoms with Gasteiger partial charge < -0.3 is 97.4 Å². The molecule has 15 bridgehead atoms. The number of Topliss-reactive ketones (excluding diaryl/α,β-unsaturated/α-hetero) is 3. The highest BCUT2D eigenvalue weighted by Gasteiger charge is 2.51. The summed E-state index contributed by atoms with van der Waals surface area (Å²) in [5, 5.41) is 113. The molecule has 0 unspecified atom stereocenters. The summed E-state index contributed by atoms with van der Waals surface area (Å²) < 4.78 is 25.8. The van der Waals surface area contributed by atoms with Crippen molar-refractivity contribution in [2.75, 3.05) is 23.7 Å². The van der Waals surface area contributed by atoms with Crippen LogP contribution in [0, 0.1) is 47.3 Å². The molecule has 7 amide bonds. The predicted octanol–water partition coefficient (Wildman–Crippen LogP) is 9.27. The number of imide groups is 1. The molecule has 10 aliphatic rings. The first-order valence-electron chi connectivity index (χ1n) is 39.1. The van der Waals surface area contributed by atoms with Gasteiger partial charge in [0.1, 0.15) is 89.5 Å². The van der Waals surface area contributed by atoms with E-state index in [2.05, 4.69) is 37.2 Å². The van der Waals surface area contributed by atoms with Crippen LogP contribution < -0.4 is 57.2 Å². The normalized spacial score (nSPS) is 28.0. The molecule has 4 saturated carbocycles. The zero-order chi connectivity index (χ0) is 82.1. The van der Waals surface area contributed by atoms with Crippen molar-refractivity contribution in [1.29, 1.82) is 0 Å². The van der Waals surface area contributed by atoms with Crippen LogP contribution in [0.3, 0.4) is 0 Å². The second kappa shape index (κ2) is 35.2. The maximum Gasteiger partial charge on any atom is 0.325 e. The van der Waals surface area contributed by atoms with Crippen molar-refractivity contribution in [2.24, 2.45) is 53.1 Å². The van der Waals surface area contributed by atoms with Crippen molar-refractivity contribution in [3.63, 3.8) is 0 Å². The number of fused-ring (bicyclic) bond motifs is 15. The standard InChI is InChI=1S/C84H96Cl2N8O21/c1-5-7-18-88-48-11-13-49(14-12-48)89-84(111)90-67(101)31-47-28-59(98)71(93-79(107)40(6-2)19-37(3)4)73(102)42-9-16-62(55(85)26-42)112-64-29-46-30-65(78(64)115-83-77(106)76(105)75(104)66(36-87)114-83)113-63-17-10-43(27-56(63)86)74(103)72-82(110)92-70(61(100)34-51-44-21-38-20-39(23-44)24-45(51)22-38)54-32-50(95)33-58(97)68(54)53-25-41(8-15-57(53)96)52(81(109)94-72)35-60(99)69(46)91-80(47)108/h8-17,25-27,29-30,32-33,37-40,44-45,47,51-52,66,69-77,83,88,95-97,102-106H,5-7,18-24,28,31,34-36,87H2,1-4H3,(H,91,108)(H,92,110)(H,93,107)(H,94,109)(H2,89,90,101,111)/t38?,39?,40-,44?,45?,47+,51?,52-,66-,69-,70+,71+,72+,73-,74-,75-,76+,77-,83+/m1/s1. The lowest BCUT2D eigenvalue weighted by Crippen LogP contribution is -2.60. The lowest BCUT2D eigenvalue weighted by molar-refractivity contribution is -0.270. The third-order valence-corrected chi connectivity index (χ3v) is 24.1. The fraction of sp³-hybridized carbons (Fsp3) is 0.464. The molecule has 6 aliphatic heterocycles. The van der Waals surface area contributed by atoms with Gasteiger partial charge in [-0.25, -0.2) is 4.79 Å². The predicted molar refractivity (Wildman–Crippen MR) is 419 cm³/mol. The van der Waals surface area contributed by atoms with Crippen LogP contribution in [0.15, 0.2) is 103 Å². The molecule has 612 valence electrons. The Morgan fingerprint density at radius 1 is 0.643 bits per heavy atom. The number of phenolic OH excluding ortho intramolecular Hbond substituents is 3. The Labute approximate surface area is 672 Å². The van der Waals surface area contributed by atoms with Crippen LogP contribution in [0.1, 0.15) is 169 Å². The smallest absolute Gasteiger partial charge is 0.325 e. The van der Waals surface area contributed by atoms with Crippen LogP contribution in [-0.2, 0) is 43.1 Å². The van der Waals surface area contributed by atoms with E-state index >= 15 is 28.8 Å². The molecule has 6 heterocycles. The number of amides is 7. The number of nitrogens with one attached hydrogen (secondary N) is 7. The highest BCUT2D eigenvalue weighted by molar-refractivity contribution is 6.32. The summed E-state index contributed by atoms with van der Waals surface area (Å²) >= 11 is 14.3. The molecule has 4 aliphatic carbocycles. The number of aliphatic hydroxyl groups excluding tert-OH is 5. The average molecular weight is 1620 g/mol. The first-order valence-corrected chi connectivity index (χ1v) is 39.9. The fourth-order valence-corrected chi connectivity index (χ4v) is 18.2. The molecule has 17 N–H and O–H groups in total. The van der Waals surface area contributed by atoms with E-state index < -0.39 is 198 Å². The summed E-state index contributed by atoms with van der Waals surface area (Å²) in [7, 11) is 0. The van der Waals surface area contributed by atoms with E-state index in [1.807, 2.05) is 20.8 Å². The molecule has 1 saturated heterocycles. The minimum Gasteiger partial charge on any atom is -0.508 e. The van der Waals surface area contributed by atoms with Crippen LogP contribution in [0.5, 0.6) is 46.0 Å². The Kier molecular flexibility index (Phi) is 25.4. The highest BCUT2D eigenvalue weighted by atomic mass is 35.5. The van der Waals surface area contributed by atoms with Gasteiger partial charge in [0.05, 0.1) is 21.9 Å². The van der Waals surface area contributed by atoms with Gasteiger partial charge in [0.25, 0.3) is 0 Å². The number of nitrogens with two attached hydrogens (primary N) is 1. The summed E-state index contributed by atoms with van der Waals surface area (Å²) in [5.74, 6) is -15.7. The summed E-state index contributed by atoms with van der Waals surface area (Å²) in [4.78, 5) is 138. The van der Waals surface area contributed by atoms with Gasteiger partial charge in [-0.15, -0.1) is 0 Å². The number of phenols is 3. The Morgan fingerprint density at radius 3 is 1.90 bits per heavy atom. The molecule has 0 radical (unpaired) electrons. The van der Waals surface area contributed by atoms with Gasteiger partial charge in [-0.05, 0) is 194 Å². The molecule has 31 heteroatoms. The summed E-state index contributed by atoms with van der Waals surface area (Å²) in [6.07, 6.45) is -9.33. The van der Waals surface area contributed by atoms with Gasteiger partial charge in [-0.3, -0.25) is 43.7 Å². The number of aliphatic hydroxyl groups is 5. The number of urea groups is 1. The fourth-order valence-electron chi connectivity index (χ4n) is 17.7. The molecule has 29 nitrogen and oxygen atoms in total. The monoisotopic (exact) mass is 1620 g/mol. The number of carbonyl (C=O) groups is 9. The van der Waals surface area contributed by atoms with Crippen molar-refractivity contribution < 1.29 is 103 Å². The molecular formula is C84H96Cl2N8O21. The van der Waals surface area contributed by atoms with E-state index in [4.69, 9.17) is 47.9 Å². The molecule has 5 fully saturated rings. The Balaban J connectivity index is 0.986. The number of rotatable bonds is 18. The highest BCUT2D eigenvalue weighted by Crippen LogP contribution is 2.58. The van der Waals surface area contributed by atoms with Crippen LogP contribution in [0.4, 0.5) is 16.2 Å². The van der Waals surface area contributed by atoms with E-state index in [9.17, 15) is 55.2 Å². The summed E-state index contributed by atoms with van der Waals surface area (Å²) in [6, 6.07) is 12.8. The third kappa shape index (κ3) is 18.2. The van der Waals surface area contributed by atoms with Crippen molar-refractivity contribution in [3.05, 3.63) is 141 Å². The van der Waals surface area contributed by atoms with E-state index in [1.54, 1.807) is 31.2 Å². The molecular weight excluding hydrogens is 1530 g/mol. The molecule has 6 aromatic carbocycles. The number of unbranched alkanes of at least 4 members (excludes halogenated alkanes) is 1. The maximum atomic E-state index is 16.6. The number of anilines is 2. The molecule has 115 heavy (non-hydrogen) atoms.